The predicted octanol–water partition coefficient (Wildman–Crippen LogP) is 2.54. The van der Waals surface area contributed by atoms with Gasteiger partial charge in [0.15, 0.2) is 5.69 Å². The summed E-state index contributed by atoms with van der Waals surface area (Å²) in [6, 6.07) is 5.34. The zero-order valence-corrected chi connectivity index (χ0v) is 13.2. The third-order valence-corrected chi connectivity index (χ3v) is 4.46. The van der Waals surface area contributed by atoms with E-state index in [9.17, 15) is 4.79 Å². The van der Waals surface area contributed by atoms with Gasteiger partial charge in [0.1, 0.15) is 6.33 Å². The molecule has 0 N–H and O–H groups in total. The Morgan fingerprint density at radius 2 is 2.26 bits per heavy atom. The number of aromatic nitrogens is 4. The van der Waals surface area contributed by atoms with Crippen molar-refractivity contribution in [3.8, 4) is 0 Å². The van der Waals surface area contributed by atoms with Gasteiger partial charge in [-0.25, -0.2) is 14.5 Å². The quantitative estimate of drug-likeness (QED) is 0.689. The standard InChI is InChI=1S/C16H14ClN5O/c1-10-13-7-18-9-19-14(13)4-5-21(10)16(23)15-6-12-3-2-11(17)8-22(12)20-15/h2-3,6-10H,4-5H2,1H3. The Morgan fingerprint density at radius 1 is 1.39 bits per heavy atom. The summed E-state index contributed by atoms with van der Waals surface area (Å²) in [5, 5.41) is 4.93. The third-order valence-electron chi connectivity index (χ3n) is 4.24. The van der Waals surface area contributed by atoms with Crippen molar-refractivity contribution in [1.82, 2.24) is 24.5 Å². The van der Waals surface area contributed by atoms with Gasteiger partial charge in [0, 0.05) is 30.9 Å². The lowest BCUT2D eigenvalue weighted by molar-refractivity contribution is 0.0669. The predicted molar refractivity (Wildman–Crippen MR) is 85.4 cm³/mol. The summed E-state index contributed by atoms with van der Waals surface area (Å²) >= 11 is 5.97. The van der Waals surface area contributed by atoms with Crippen molar-refractivity contribution in [3.63, 3.8) is 0 Å². The molecule has 4 heterocycles. The number of amides is 1. The highest BCUT2D eigenvalue weighted by molar-refractivity contribution is 6.30. The fourth-order valence-corrected chi connectivity index (χ4v) is 3.16. The zero-order chi connectivity index (χ0) is 16.0. The lowest BCUT2D eigenvalue weighted by Gasteiger charge is -2.33. The molecule has 0 radical (unpaired) electrons. The van der Waals surface area contributed by atoms with Crippen LogP contribution in [0, 0.1) is 0 Å². The van der Waals surface area contributed by atoms with Gasteiger partial charge in [0.2, 0.25) is 0 Å². The molecule has 3 aromatic heterocycles. The zero-order valence-electron chi connectivity index (χ0n) is 12.5. The van der Waals surface area contributed by atoms with Crippen molar-refractivity contribution in [3.05, 3.63) is 58.9 Å². The van der Waals surface area contributed by atoms with E-state index in [1.807, 2.05) is 17.9 Å². The molecule has 1 amide bonds. The summed E-state index contributed by atoms with van der Waals surface area (Å²) in [5.41, 5.74) is 3.27. The molecule has 0 saturated heterocycles. The SMILES string of the molecule is CC1c2cncnc2CCN1C(=O)c1cc2ccc(Cl)cn2n1. The molecule has 1 aliphatic heterocycles. The fraction of sp³-hybridized carbons (Fsp3) is 0.250. The average Bonchev–Trinajstić information content (AvgIpc) is 2.98. The van der Waals surface area contributed by atoms with E-state index in [2.05, 4.69) is 15.1 Å². The Balaban J connectivity index is 1.68. The monoisotopic (exact) mass is 327 g/mol. The van der Waals surface area contributed by atoms with Crippen LogP contribution in [0.15, 0.2) is 36.9 Å². The molecule has 0 aromatic carbocycles. The topological polar surface area (TPSA) is 63.4 Å². The van der Waals surface area contributed by atoms with Crippen molar-refractivity contribution < 1.29 is 4.79 Å². The summed E-state index contributed by atoms with van der Waals surface area (Å²) in [6.07, 6.45) is 5.76. The first-order valence-corrected chi connectivity index (χ1v) is 7.76. The van der Waals surface area contributed by atoms with Crippen LogP contribution >= 0.6 is 11.6 Å². The van der Waals surface area contributed by atoms with E-state index in [4.69, 9.17) is 11.6 Å². The Morgan fingerprint density at radius 3 is 3.13 bits per heavy atom. The maximum absolute atomic E-state index is 12.9. The molecule has 7 heteroatoms. The molecule has 0 bridgehead atoms. The van der Waals surface area contributed by atoms with Crippen LogP contribution in [0.1, 0.15) is 34.7 Å². The number of halogens is 1. The van der Waals surface area contributed by atoms with E-state index in [1.54, 1.807) is 35.4 Å². The van der Waals surface area contributed by atoms with Crippen molar-refractivity contribution in [1.29, 1.82) is 0 Å². The van der Waals surface area contributed by atoms with Gasteiger partial charge in [-0.15, -0.1) is 0 Å². The molecule has 6 nitrogen and oxygen atoms in total. The highest BCUT2D eigenvalue weighted by Gasteiger charge is 2.30. The molecular weight excluding hydrogens is 314 g/mol. The largest absolute Gasteiger partial charge is 0.330 e. The molecular formula is C16H14ClN5O. The van der Waals surface area contributed by atoms with Crippen molar-refractivity contribution in [2.75, 3.05) is 6.54 Å². The van der Waals surface area contributed by atoms with Gasteiger partial charge in [-0.05, 0) is 25.1 Å². The van der Waals surface area contributed by atoms with Gasteiger partial charge >= 0.3 is 0 Å². The van der Waals surface area contributed by atoms with Crippen LogP contribution in [0.2, 0.25) is 5.02 Å². The number of hydrogen-bond donors (Lipinski definition) is 0. The summed E-state index contributed by atoms with van der Waals surface area (Å²) in [6.45, 7) is 2.62. The number of fused-ring (bicyclic) bond motifs is 2. The average molecular weight is 328 g/mol. The second kappa shape index (κ2) is 5.31. The van der Waals surface area contributed by atoms with Gasteiger partial charge in [-0.1, -0.05) is 11.6 Å². The first kappa shape index (κ1) is 14.1. The van der Waals surface area contributed by atoms with Crippen LogP contribution in [0.25, 0.3) is 5.52 Å². The maximum atomic E-state index is 12.9. The second-order valence-corrected chi connectivity index (χ2v) is 6.03. The number of hydrogen-bond acceptors (Lipinski definition) is 4. The minimum Gasteiger partial charge on any atom is -0.330 e. The third kappa shape index (κ3) is 2.35. The first-order chi connectivity index (χ1) is 11.1. The van der Waals surface area contributed by atoms with E-state index < -0.39 is 0 Å². The van der Waals surface area contributed by atoms with Crippen molar-refractivity contribution in [2.24, 2.45) is 0 Å². The number of pyridine rings is 1. The van der Waals surface area contributed by atoms with Gasteiger partial charge in [0.25, 0.3) is 5.91 Å². The number of carbonyl (C=O) groups excluding carboxylic acids is 1. The Labute approximate surface area is 137 Å². The maximum Gasteiger partial charge on any atom is 0.274 e. The lowest BCUT2D eigenvalue weighted by atomic mass is 9.99. The molecule has 0 fully saturated rings. The molecule has 23 heavy (non-hydrogen) atoms. The van der Waals surface area contributed by atoms with Gasteiger partial charge in [-0.2, -0.15) is 5.10 Å². The molecule has 1 aliphatic rings. The Kier molecular flexibility index (Phi) is 3.27. The van der Waals surface area contributed by atoms with Crippen LogP contribution in [0.4, 0.5) is 0 Å². The van der Waals surface area contributed by atoms with Gasteiger partial charge in [-0.3, -0.25) is 4.79 Å². The first-order valence-electron chi connectivity index (χ1n) is 7.38. The molecule has 116 valence electrons. The minimum atomic E-state index is -0.0909. The highest BCUT2D eigenvalue weighted by Crippen LogP contribution is 2.28. The molecule has 0 spiro atoms. The highest BCUT2D eigenvalue weighted by atomic mass is 35.5. The molecule has 1 unspecified atom stereocenters. The van der Waals surface area contributed by atoms with Crippen molar-refractivity contribution >= 4 is 23.0 Å². The Bertz CT molecular complexity index is 906. The number of carbonyl (C=O) groups is 1. The Hall–Kier alpha value is -2.47. The fourth-order valence-electron chi connectivity index (χ4n) is 3.00. The summed E-state index contributed by atoms with van der Waals surface area (Å²) < 4.78 is 1.63. The van der Waals surface area contributed by atoms with Crippen molar-refractivity contribution in [2.45, 2.75) is 19.4 Å². The normalized spacial score (nSPS) is 17.3. The molecule has 0 aliphatic carbocycles. The van der Waals surface area contributed by atoms with Crippen LogP contribution in [0.5, 0.6) is 0 Å². The van der Waals surface area contributed by atoms with E-state index in [0.29, 0.717) is 17.3 Å². The lowest BCUT2D eigenvalue weighted by Crippen LogP contribution is -2.39. The molecule has 1 atom stereocenters. The minimum absolute atomic E-state index is 0.0687. The van der Waals surface area contributed by atoms with Gasteiger partial charge < -0.3 is 4.90 Å². The smallest absolute Gasteiger partial charge is 0.274 e. The summed E-state index contributed by atoms with van der Waals surface area (Å²) in [5.74, 6) is -0.0909. The van der Waals surface area contributed by atoms with Crippen LogP contribution in [-0.2, 0) is 6.42 Å². The van der Waals surface area contributed by atoms with E-state index in [1.165, 1.54) is 0 Å². The van der Waals surface area contributed by atoms with E-state index >= 15 is 0 Å². The van der Waals surface area contributed by atoms with Gasteiger partial charge in [0.05, 0.1) is 22.3 Å². The number of rotatable bonds is 1. The van der Waals surface area contributed by atoms with Crippen LogP contribution in [-0.4, -0.2) is 36.9 Å². The van der Waals surface area contributed by atoms with E-state index in [-0.39, 0.29) is 11.9 Å². The summed E-state index contributed by atoms with van der Waals surface area (Å²) in [7, 11) is 0. The molecule has 4 rings (SSSR count). The second-order valence-electron chi connectivity index (χ2n) is 5.60. The van der Waals surface area contributed by atoms with Crippen LogP contribution in [0.3, 0.4) is 0 Å². The summed E-state index contributed by atoms with van der Waals surface area (Å²) in [4.78, 5) is 23.0. The number of nitrogens with zero attached hydrogens (tertiary/aromatic N) is 5. The molecule has 3 aromatic rings. The van der Waals surface area contributed by atoms with E-state index in [0.717, 1.165) is 23.2 Å². The van der Waals surface area contributed by atoms with Crippen LogP contribution < -0.4 is 0 Å². The molecule has 0 saturated carbocycles.